The summed E-state index contributed by atoms with van der Waals surface area (Å²) in [6.45, 7) is 6.51. The first-order valence-corrected chi connectivity index (χ1v) is 12.0. The molecule has 4 aromatic rings. The average Bonchev–Trinajstić information content (AvgIpc) is 3.30. The fraction of sp³-hybridized carbons (Fsp3) is 0.321. The number of rotatable bonds is 10. The number of aryl methyl sites for hydroxylation is 1. The first-order chi connectivity index (χ1) is 16.6. The summed E-state index contributed by atoms with van der Waals surface area (Å²) in [5.41, 5.74) is 5.65. The molecule has 176 valence electrons. The van der Waals surface area contributed by atoms with Gasteiger partial charge in [0, 0.05) is 5.69 Å². The lowest BCUT2D eigenvalue weighted by molar-refractivity contribution is -0.118. The minimum absolute atomic E-state index is 0.0578. The molecule has 0 bridgehead atoms. The Balaban J connectivity index is 1.36. The van der Waals surface area contributed by atoms with Crippen molar-refractivity contribution in [1.82, 2.24) is 15.0 Å². The van der Waals surface area contributed by atoms with E-state index in [-0.39, 0.29) is 12.5 Å². The molecule has 0 aliphatic carbocycles. The van der Waals surface area contributed by atoms with Gasteiger partial charge in [0.15, 0.2) is 6.61 Å². The second-order valence-electron chi connectivity index (χ2n) is 8.68. The molecule has 0 saturated heterocycles. The molecule has 6 nitrogen and oxygen atoms in total. The number of anilines is 1. The highest BCUT2D eigenvalue weighted by Crippen LogP contribution is 2.22. The standard InChI is InChI=1S/C28H32N4O2/c1-4-6-7-21-8-13-24(14-9-21)32-30-26-17-12-23(18-27(26)31-32)29-28(33)19-34-25-15-10-22(11-16-25)20(3)5-2/h8-18,20H,4-7,19H2,1-3H3,(H,29,33)/t20-/m1/s1. The Labute approximate surface area is 200 Å². The summed E-state index contributed by atoms with van der Waals surface area (Å²) < 4.78 is 5.65. The van der Waals surface area contributed by atoms with Crippen molar-refractivity contribution in [2.24, 2.45) is 0 Å². The third-order valence-electron chi connectivity index (χ3n) is 6.08. The Morgan fingerprint density at radius 2 is 1.71 bits per heavy atom. The van der Waals surface area contributed by atoms with Gasteiger partial charge in [0.25, 0.3) is 5.91 Å². The Bertz CT molecular complexity index is 1230. The first kappa shape index (κ1) is 23.5. The monoisotopic (exact) mass is 456 g/mol. The smallest absolute Gasteiger partial charge is 0.262 e. The first-order valence-electron chi connectivity index (χ1n) is 12.0. The van der Waals surface area contributed by atoms with E-state index in [1.54, 1.807) is 4.80 Å². The van der Waals surface area contributed by atoms with E-state index in [4.69, 9.17) is 4.74 Å². The van der Waals surface area contributed by atoms with E-state index in [2.05, 4.69) is 60.6 Å². The largest absolute Gasteiger partial charge is 0.484 e. The second kappa shape index (κ2) is 11.0. The van der Waals surface area contributed by atoms with Crippen LogP contribution in [0.4, 0.5) is 5.69 Å². The van der Waals surface area contributed by atoms with Crippen LogP contribution in [0, 0.1) is 0 Å². The van der Waals surface area contributed by atoms with Crippen LogP contribution in [0.25, 0.3) is 16.7 Å². The molecule has 0 fully saturated rings. The number of nitrogens with zero attached hydrogens (tertiary/aromatic N) is 3. The molecule has 1 aromatic heterocycles. The number of nitrogens with one attached hydrogen (secondary N) is 1. The van der Waals surface area contributed by atoms with Crippen molar-refractivity contribution in [3.8, 4) is 11.4 Å². The maximum Gasteiger partial charge on any atom is 0.262 e. The van der Waals surface area contributed by atoms with Crippen LogP contribution in [0.1, 0.15) is 57.1 Å². The molecule has 3 aromatic carbocycles. The fourth-order valence-corrected chi connectivity index (χ4v) is 3.76. The number of fused-ring (bicyclic) bond motifs is 1. The molecule has 1 atom stereocenters. The van der Waals surface area contributed by atoms with Gasteiger partial charge in [0.2, 0.25) is 0 Å². The van der Waals surface area contributed by atoms with Gasteiger partial charge in [-0.15, -0.1) is 10.2 Å². The lowest BCUT2D eigenvalue weighted by Crippen LogP contribution is -2.20. The van der Waals surface area contributed by atoms with Gasteiger partial charge in [0.1, 0.15) is 16.8 Å². The molecule has 0 saturated carbocycles. The molecule has 4 rings (SSSR count). The summed E-state index contributed by atoms with van der Waals surface area (Å²) in [5, 5.41) is 12.0. The molecule has 1 heterocycles. The van der Waals surface area contributed by atoms with E-state index in [0.717, 1.165) is 29.6 Å². The molecule has 0 radical (unpaired) electrons. The Hall–Kier alpha value is -3.67. The van der Waals surface area contributed by atoms with Crippen LogP contribution in [0.15, 0.2) is 66.7 Å². The van der Waals surface area contributed by atoms with Gasteiger partial charge in [0.05, 0.1) is 5.69 Å². The van der Waals surface area contributed by atoms with E-state index < -0.39 is 0 Å². The minimum atomic E-state index is -0.222. The quantitative estimate of drug-likeness (QED) is 0.304. The Morgan fingerprint density at radius 1 is 0.971 bits per heavy atom. The number of carbonyl (C=O) groups is 1. The predicted octanol–water partition coefficient (Wildman–Crippen LogP) is 6.29. The zero-order valence-corrected chi connectivity index (χ0v) is 20.1. The van der Waals surface area contributed by atoms with Crippen LogP contribution in [-0.2, 0) is 11.2 Å². The van der Waals surface area contributed by atoms with Gasteiger partial charge in [-0.05, 0) is 78.8 Å². The van der Waals surface area contributed by atoms with Crippen LogP contribution in [0.3, 0.4) is 0 Å². The Kier molecular flexibility index (Phi) is 7.58. The SMILES string of the molecule is CCCCc1ccc(-n2nc3ccc(NC(=O)COc4ccc([C@H](C)CC)cc4)cc3n2)cc1. The zero-order valence-electron chi connectivity index (χ0n) is 20.1. The number of aromatic nitrogens is 3. The molecule has 0 aliphatic rings. The lowest BCUT2D eigenvalue weighted by Gasteiger charge is -2.11. The molecular formula is C28H32N4O2. The van der Waals surface area contributed by atoms with Crippen LogP contribution in [-0.4, -0.2) is 27.5 Å². The zero-order chi connectivity index (χ0) is 23.9. The maximum absolute atomic E-state index is 12.4. The van der Waals surface area contributed by atoms with Gasteiger partial charge in [-0.25, -0.2) is 0 Å². The molecule has 0 unspecified atom stereocenters. The van der Waals surface area contributed by atoms with E-state index in [1.165, 1.54) is 24.0 Å². The van der Waals surface area contributed by atoms with Crippen LogP contribution in [0.5, 0.6) is 5.75 Å². The summed E-state index contributed by atoms with van der Waals surface area (Å²) in [6, 6.07) is 21.8. The third-order valence-corrected chi connectivity index (χ3v) is 6.08. The van der Waals surface area contributed by atoms with E-state index in [9.17, 15) is 4.79 Å². The number of carbonyl (C=O) groups excluding carboxylic acids is 1. The minimum Gasteiger partial charge on any atom is -0.484 e. The lowest BCUT2D eigenvalue weighted by atomic mass is 9.99. The highest BCUT2D eigenvalue weighted by atomic mass is 16.5. The van der Waals surface area contributed by atoms with Crippen molar-refractivity contribution in [3.05, 3.63) is 77.9 Å². The molecule has 0 spiro atoms. The third kappa shape index (κ3) is 5.81. The summed E-state index contributed by atoms with van der Waals surface area (Å²) in [7, 11) is 0. The molecule has 34 heavy (non-hydrogen) atoms. The van der Waals surface area contributed by atoms with Crippen molar-refractivity contribution in [2.45, 2.75) is 52.4 Å². The number of hydrogen-bond acceptors (Lipinski definition) is 4. The van der Waals surface area contributed by atoms with Crippen molar-refractivity contribution in [3.63, 3.8) is 0 Å². The van der Waals surface area contributed by atoms with Crippen molar-refractivity contribution < 1.29 is 9.53 Å². The molecular weight excluding hydrogens is 424 g/mol. The second-order valence-corrected chi connectivity index (χ2v) is 8.68. The number of hydrogen-bond donors (Lipinski definition) is 1. The van der Waals surface area contributed by atoms with Crippen LogP contribution in [0.2, 0.25) is 0 Å². The van der Waals surface area contributed by atoms with Gasteiger partial charge >= 0.3 is 0 Å². The number of benzene rings is 3. The predicted molar refractivity (Wildman–Crippen MR) is 137 cm³/mol. The normalized spacial score (nSPS) is 12.0. The van der Waals surface area contributed by atoms with Crippen molar-refractivity contribution in [2.75, 3.05) is 11.9 Å². The van der Waals surface area contributed by atoms with Gasteiger partial charge in [-0.2, -0.15) is 4.80 Å². The number of amides is 1. The van der Waals surface area contributed by atoms with E-state index in [0.29, 0.717) is 17.4 Å². The highest BCUT2D eigenvalue weighted by Gasteiger charge is 2.09. The molecule has 1 N–H and O–H groups in total. The van der Waals surface area contributed by atoms with Crippen LogP contribution < -0.4 is 10.1 Å². The molecule has 1 amide bonds. The number of unbranched alkanes of at least 4 members (excludes halogenated alkanes) is 1. The summed E-state index contributed by atoms with van der Waals surface area (Å²) in [5.74, 6) is 0.970. The topological polar surface area (TPSA) is 69.0 Å². The van der Waals surface area contributed by atoms with Gasteiger partial charge in [-0.1, -0.05) is 51.5 Å². The summed E-state index contributed by atoms with van der Waals surface area (Å²) in [6.07, 6.45) is 4.55. The fourth-order valence-electron chi connectivity index (χ4n) is 3.76. The molecule has 0 aliphatic heterocycles. The van der Waals surface area contributed by atoms with E-state index >= 15 is 0 Å². The summed E-state index contributed by atoms with van der Waals surface area (Å²) in [4.78, 5) is 14.0. The van der Waals surface area contributed by atoms with Crippen molar-refractivity contribution in [1.29, 1.82) is 0 Å². The van der Waals surface area contributed by atoms with Gasteiger partial charge in [-0.3, -0.25) is 4.79 Å². The molecule has 6 heteroatoms. The van der Waals surface area contributed by atoms with E-state index in [1.807, 2.05) is 42.5 Å². The number of ether oxygens (including phenoxy) is 1. The maximum atomic E-state index is 12.4. The van der Waals surface area contributed by atoms with Crippen molar-refractivity contribution >= 4 is 22.6 Å². The van der Waals surface area contributed by atoms with Crippen LogP contribution >= 0.6 is 0 Å². The highest BCUT2D eigenvalue weighted by molar-refractivity contribution is 5.93. The Morgan fingerprint density at radius 3 is 2.41 bits per heavy atom. The van der Waals surface area contributed by atoms with Gasteiger partial charge < -0.3 is 10.1 Å². The average molecular weight is 457 g/mol. The summed E-state index contributed by atoms with van der Waals surface area (Å²) >= 11 is 0.